The summed E-state index contributed by atoms with van der Waals surface area (Å²) < 4.78 is 32.7. The first-order valence-electron chi connectivity index (χ1n) is 8.92. The van der Waals surface area contributed by atoms with Crippen molar-refractivity contribution >= 4 is 33.2 Å². The molecule has 2 aromatic carbocycles. The molecule has 1 amide bonds. The van der Waals surface area contributed by atoms with E-state index in [1.165, 1.54) is 31.4 Å². The van der Waals surface area contributed by atoms with Crippen molar-refractivity contribution in [3.63, 3.8) is 0 Å². The third-order valence-corrected chi connectivity index (χ3v) is 6.80. The van der Waals surface area contributed by atoms with E-state index in [-0.39, 0.29) is 16.7 Å². The number of nitrogens with zero attached hydrogens (tertiary/aromatic N) is 1. The molecule has 0 heterocycles. The minimum Gasteiger partial charge on any atom is -0.497 e. The van der Waals surface area contributed by atoms with Gasteiger partial charge in [0.15, 0.2) is 0 Å². The third-order valence-electron chi connectivity index (χ3n) is 4.81. The van der Waals surface area contributed by atoms with Crippen LogP contribution in [0.5, 0.6) is 5.75 Å². The van der Waals surface area contributed by atoms with Crippen LogP contribution in [0.2, 0.25) is 5.02 Å². The summed E-state index contributed by atoms with van der Waals surface area (Å²) in [7, 11) is -2.52. The molecule has 3 rings (SSSR count). The molecule has 27 heavy (non-hydrogen) atoms. The van der Waals surface area contributed by atoms with E-state index in [9.17, 15) is 13.2 Å². The van der Waals surface area contributed by atoms with Gasteiger partial charge in [0, 0.05) is 10.9 Å². The molecule has 0 radical (unpaired) electrons. The van der Waals surface area contributed by atoms with Gasteiger partial charge in [-0.3, -0.25) is 4.79 Å². The highest BCUT2D eigenvalue weighted by Crippen LogP contribution is 2.32. The first-order chi connectivity index (χ1) is 12.9. The molecule has 144 valence electrons. The van der Waals surface area contributed by atoms with Crippen LogP contribution in [-0.4, -0.2) is 21.4 Å². The zero-order chi connectivity index (χ0) is 19.4. The maximum Gasteiger partial charge on any atom is 0.270 e. The smallest absolute Gasteiger partial charge is 0.270 e. The van der Waals surface area contributed by atoms with Crippen molar-refractivity contribution in [2.45, 2.75) is 37.0 Å². The van der Waals surface area contributed by atoms with E-state index in [0.29, 0.717) is 29.3 Å². The molecule has 1 aliphatic rings. The minimum absolute atomic E-state index is 0.0341. The van der Waals surface area contributed by atoms with E-state index in [4.69, 9.17) is 16.3 Å². The van der Waals surface area contributed by atoms with Crippen molar-refractivity contribution in [2.75, 3.05) is 11.4 Å². The second kappa shape index (κ2) is 8.31. The van der Waals surface area contributed by atoms with E-state index in [1.807, 2.05) is 0 Å². The fraction of sp³-hybridized carbons (Fsp3) is 0.350. The Balaban J connectivity index is 2.05. The predicted octanol–water partition coefficient (Wildman–Crippen LogP) is 4.65. The maximum absolute atomic E-state index is 13.3. The van der Waals surface area contributed by atoms with E-state index < -0.39 is 10.0 Å². The normalized spacial score (nSPS) is 15.3. The van der Waals surface area contributed by atoms with Gasteiger partial charge < -0.3 is 4.74 Å². The molecule has 2 aromatic rings. The van der Waals surface area contributed by atoms with Crippen LogP contribution in [-0.2, 0) is 14.8 Å². The lowest BCUT2D eigenvalue weighted by Gasteiger charge is -2.29. The standard InChI is InChI=1S/C20H22ClNO4S/c1-26-18-11-9-17(10-12-18)22(20(23)15-5-3-2-4-6-15)27(24,25)19-13-7-16(21)8-14-19/h7-15H,2-6H2,1H3. The number of sulfonamides is 1. The number of amides is 1. The Morgan fingerprint density at radius 3 is 2.15 bits per heavy atom. The number of hydrogen-bond acceptors (Lipinski definition) is 4. The molecular weight excluding hydrogens is 386 g/mol. The van der Waals surface area contributed by atoms with Gasteiger partial charge in [-0.05, 0) is 61.4 Å². The lowest BCUT2D eigenvalue weighted by molar-refractivity contribution is -0.122. The Hall–Kier alpha value is -2.05. The van der Waals surface area contributed by atoms with E-state index in [2.05, 4.69) is 0 Å². The number of hydrogen-bond donors (Lipinski definition) is 0. The molecule has 0 spiro atoms. The van der Waals surface area contributed by atoms with Crippen molar-refractivity contribution in [2.24, 2.45) is 5.92 Å². The summed E-state index contributed by atoms with van der Waals surface area (Å²) in [5.41, 5.74) is 0.307. The highest BCUT2D eigenvalue weighted by molar-refractivity contribution is 7.93. The van der Waals surface area contributed by atoms with Crippen molar-refractivity contribution in [3.05, 3.63) is 53.6 Å². The van der Waals surface area contributed by atoms with Gasteiger partial charge in [-0.25, -0.2) is 12.7 Å². The van der Waals surface area contributed by atoms with Gasteiger partial charge in [0.2, 0.25) is 5.91 Å². The molecule has 0 unspecified atom stereocenters. The summed E-state index contributed by atoms with van der Waals surface area (Å²) >= 11 is 5.89. The quantitative estimate of drug-likeness (QED) is 0.723. The Bertz CT molecular complexity index is 889. The molecular formula is C20H22ClNO4S. The highest BCUT2D eigenvalue weighted by Gasteiger charge is 2.35. The van der Waals surface area contributed by atoms with Crippen molar-refractivity contribution in [3.8, 4) is 5.75 Å². The number of ether oxygens (including phenoxy) is 1. The number of carbonyl (C=O) groups excluding carboxylic acids is 1. The Kier molecular flexibility index (Phi) is 6.07. The van der Waals surface area contributed by atoms with Crippen LogP contribution in [0, 0.1) is 5.92 Å². The average Bonchev–Trinajstić information content (AvgIpc) is 2.69. The monoisotopic (exact) mass is 407 g/mol. The first kappa shape index (κ1) is 19.7. The number of rotatable bonds is 5. The number of benzene rings is 2. The summed E-state index contributed by atoms with van der Waals surface area (Å²) in [6, 6.07) is 12.3. The minimum atomic E-state index is -4.05. The fourth-order valence-corrected chi connectivity index (χ4v) is 4.93. The number of methoxy groups -OCH3 is 1. The third kappa shape index (κ3) is 4.28. The molecule has 5 nitrogen and oxygen atoms in total. The fourth-order valence-electron chi connectivity index (χ4n) is 3.33. The van der Waals surface area contributed by atoms with Gasteiger partial charge in [0.1, 0.15) is 5.75 Å². The topological polar surface area (TPSA) is 63.7 Å². The molecule has 0 bridgehead atoms. The van der Waals surface area contributed by atoms with Crippen LogP contribution in [0.15, 0.2) is 53.4 Å². The average molecular weight is 408 g/mol. The summed E-state index contributed by atoms with van der Waals surface area (Å²) in [4.78, 5) is 13.3. The van der Waals surface area contributed by atoms with Gasteiger partial charge >= 0.3 is 0 Å². The number of carbonyl (C=O) groups is 1. The molecule has 0 aliphatic heterocycles. The van der Waals surface area contributed by atoms with E-state index in [1.54, 1.807) is 24.3 Å². The zero-order valence-corrected chi connectivity index (χ0v) is 16.7. The molecule has 0 saturated heterocycles. The van der Waals surface area contributed by atoms with Crippen LogP contribution in [0.1, 0.15) is 32.1 Å². The predicted molar refractivity (Wildman–Crippen MR) is 106 cm³/mol. The van der Waals surface area contributed by atoms with E-state index in [0.717, 1.165) is 23.6 Å². The summed E-state index contributed by atoms with van der Waals surface area (Å²) in [6.45, 7) is 0. The van der Waals surface area contributed by atoms with Gasteiger partial charge in [-0.1, -0.05) is 30.9 Å². The number of halogens is 1. The molecule has 1 saturated carbocycles. The van der Waals surface area contributed by atoms with Gasteiger partial charge in [0.25, 0.3) is 10.0 Å². The van der Waals surface area contributed by atoms with Gasteiger partial charge in [-0.15, -0.1) is 0 Å². The molecule has 7 heteroatoms. The second-order valence-corrected chi connectivity index (χ2v) is 8.82. The van der Waals surface area contributed by atoms with E-state index >= 15 is 0 Å². The van der Waals surface area contributed by atoms with Crippen molar-refractivity contribution in [1.29, 1.82) is 0 Å². The summed E-state index contributed by atoms with van der Waals surface area (Å²) in [5, 5.41) is 0.434. The lowest BCUT2D eigenvalue weighted by Crippen LogP contribution is -2.41. The Morgan fingerprint density at radius 1 is 1.00 bits per heavy atom. The Labute approximate surface area is 165 Å². The van der Waals surface area contributed by atoms with Crippen LogP contribution < -0.4 is 9.04 Å². The molecule has 0 atom stereocenters. The zero-order valence-electron chi connectivity index (χ0n) is 15.1. The molecule has 0 aromatic heterocycles. The Morgan fingerprint density at radius 2 is 1.59 bits per heavy atom. The highest BCUT2D eigenvalue weighted by atomic mass is 35.5. The maximum atomic E-state index is 13.3. The van der Waals surface area contributed by atoms with Crippen LogP contribution in [0.25, 0.3) is 0 Å². The van der Waals surface area contributed by atoms with Crippen LogP contribution >= 0.6 is 11.6 Å². The summed E-state index contributed by atoms with van der Waals surface area (Å²) in [6.07, 6.45) is 4.38. The second-order valence-electron chi connectivity index (χ2n) is 6.59. The van der Waals surface area contributed by atoms with Crippen LogP contribution in [0.4, 0.5) is 5.69 Å². The van der Waals surface area contributed by atoms with Crippen molar-refractivity contribution in [1.82, 2.24) is 0 Å². The molecule has 1 aliphatic carbocycles. The largest absolute Gasteiger partial charge is 0.497 e. The molecule has 0 N–H and O–H groups in total. The molecule has 1 fully saturated rings. The lowest BCUT2D eigenvalue weighted by atomic mass is 9.88. The SMILES string of the molecule is COc1ccc(N(C(=O)C2CCCCC2)S(=O)(=O)c2ccc(Cl)cc2)cc1. The first-order valence-corrected chi connectivity index (χ1v) is 10.7. The van der Waals surface area contributed by atoms with Crippen molar-refractivity contribution < 1.29 is 17.9 Å². The van der Waals surface area contributed by atoms with Crippen LogP contribution in [0.3, 0.4) is 0 Å². The summed E-state index contributed by atoms with van der Waals surface area (Å²) in [5.74, 6) is -0.0783. The number of anilines is 1. The van der Waals surface area contributed by atoms with Gasteiger partial charge in [-0.2, -0.15) is 0 Å². The van der Waals surface area contributed by atoms with Gasteiger partial charge in [0.05, 0.1) is 17.7 Å².